The topological polar surface area (TPSA) is 58.4 Å². The number of hydrogen-bond donors (Lipinski definition) is 1. The molecule has 0 bridgehead atoms. The molecule has 0 saturated heterocycles. The van der Waals surface area contributed by atoms with Crippen molar-refractivity contribution in [1.82, 2.24) is 9.78 Å². The van der Waals surface area contributed by atoms with Gasteiger partial charge in [0.15, 0.2) is 0 Å². The van der Waals surface area contributed by atoms with Crippen LogP contribution in [0.2, 0.25) is 0 Å². The summed E-state index contributed by atoms with van der Waals surface area (Å²) in [4.78, 5) is 13.9. The highest BCUT2D eigenvalue weighted by Gasteiger charge is 2.10. The Morgan fingerprint density at radius 1 is 1.35 bits per heavy atom. The highest BCUT2D eigenvalue weighted by Crippen LogP contribution is 2.13. The summed E-state index contributed by atoms with van der Waals surface area (Å²) in [5.74, 6) is 0. The van der Waals surface area contributed by atoms with Crippen LogP contribution in [-0.4, -0.2) is 28.5 Å². The number of anilines is 1. The van der Waals surface area contributed by atoms with Crippen LogP contribution in [0.4, 0.5) is 5.69 Å². The van der Waals surface area contributed by atoms with Crippen LogP contribution >= 0.6 is 0 Å². The minimum atomic E-state index is -0.740. The second kappa shape index (κ2) is 6.34. The molecule has 0 radical (unpaired) electrons. The summed E-state index contributed by atoms with van der Waals surface area (Å²) in [7, 11) is 1.90. The van der Waals surface area contributed by atoms with E-state index < -0.39 is 6.10 Å². The van der Waals surface area contributed by atoms with Crippen molar-refractivity contribution >= 4 is 5.69 Å². The van der Waals surface area contributed by atoms with Gasteiger partial charge in [-0.05, 0) is 12.5 Å². The number of hydrogen-bond acceptors (Lipinski definition) is 4. The van der Waals surface area contributed by atoms with Crippen molar-refractivity contribution in [2.24, 2.45) is 0 Å². The fraction of sp³-hybridized carbons (Fsp3) is 0.333. The Balaban J connectivity index is 2.16. The first-order valence-electron chi connectivity index (χ1n) is 6.63. The van der Waals surface area contributed by atoms with Crippen molar-refractivity contribution < 1.29 is 5.11 Å². The molecule has 106 valence electrons. The van der Waals surface area contributed by atoms with E-state index in [1.807, 2.05) is 49.2 Å². The van der Waals surface area contributed by atoms with E-state index in [2.05, 4.69) is 5.10 Å². The highest BCUT2D eigenvalue weighted by atomic mass is 16.3. The molecule has 0 amide bonds. The number of nitrogens with zero attached hydrogens (tertiary/aromatic N) is 3. The lowest BCUT2D eigenvalue weighted by molar-refractivity contribution is 0.149. The Kier molecular flexibility index (Phi) is 4.53. The van der Waals surface area contributed by atoms with Crippen molar-refractivity contribution in [3.05, 3.63) is 58.5 Å². The first-order valence-corrected chi connectivity index (χ1v) is 6.63. The maximum absolute atomic E-state index is 12.0. The van der Waals surface area contributed by atoms with Crippen LogP contribution in [0.25, 0.3) is 0 Å². The summed E-state index contributed by atoms with van der Waals surface area (Å²) >= 11 is 0. The third-order valence-electron chi connectivity index (χ3n) is 3.30. The van der Waals surface area contributed by atoms with Gasteiger partial charge in [0.05, 0.1) is 24.5 Å². The fourth-order valence-electron chi connectivity index (χ4n) is 1.90. The zero-order valence-corrected chi connectivity index (χ0v) is 11.7. The predicted octanol–water partition coefficient (Wildman–Crippen LogP) is 1.43. The molecule has 1 atom stereocenters. The summed E-state index contributed by atoms with van der Waals surface area (Å²) < 4.78 is 1.28. The summed E-state index contributed by atoms with van der Waals surface area (Å²) in [5.41, 5.74) is 1.34. The Morgan fingerprint density at radius 2 is 2.05 bits per heavy atom. The number of aliphatic hydroxyl groups excluding tert-OH is 1. The lowest BCUT2D eigenvalue weighted by Crippen LogP contribution is -2.27. The molecule has 2 rings (SSSR count). The van der Waals surface area contributed by atoms with Gasteiger partial charge in [-0.2, -0.15) is 5.10 Å². The van der Waals surface area contributed by atoms with Crippen LogP contribution < -0.4 is 10.5 Å². The lowest BCUT2D eigenvalue weighted by Gasteiger charge is -2.17. The van der Waals surface area contributed by atoms with E-state index in [0.717, 1.165) is 17.8 Å². The van der Waals surface area contributed by atoms with Crippen molar-refractivity contribution in [3.8, 4) is 0 Å². The second-order valence-electron chi connectivity index (χ2n) is 4.67. The smallest absolute Gasteiger partial charge is 0.268 e. The third kappa shape index (κ3) is 3.24. The SMILES string of the molecule is CCN(C)c1cnn(CC(O)c2ccccc2)c(=O)c1. The van der Waals surface area contributed by atoms with Gasteiger partial charge in [-0.3, -0.25) is 4.79 Å². The van der Waals surface area contributed by atoms with E-state index in [0.29, 0.717) is 0 Å². The Morgan fingerprint density at radius 3 is 2.65 bits per heavy atom. The summed E-state index contributed by atoms with van der Waals surface area (Å²) in [6.45, 7) is 2.96. The van der Waals surface area contributed by atoms with Gasteiger partial charge >= 0.3 is 0 Å². The number of rotatable bonds is 5. The van der Waals surface area contributed by atoms with Crippen molar-refractivity contribution in [2.45, 2.75) is 19.6 Å². The summed E-state index contributed by atoms with van der Waals surface area (Å²) in [6, 6.07) is 10.8. The van der Waals surface area contributed by atoms with Crippen molar-refractivity contribution in [1.29, 1.82) is 0 Å². The van der Waals surface area contributed by atoms with Crippen LogP contribution in [0.3, 0.4) is 0 Å². The van der Waals surface area contributed by atoms with Crippen molar-refractivity contribution in [2.75, 3.05) is 18.5 Å². The molecule has 1 aromatic carbocycles. The van der Waals surface area contributed by atoms with Crippen LogP contribution in [-0.2, 0) is 6.54 Å². The first-order chi connectivity index (χ1) is 9.61. The molecule has 1 unspecified atom stereocenters. The minimum Gasteiger partial charge on any atom is -0.386 e. The van der Waals surface area contributed by atoms with Crippen LogP contribution in [0.1, 0.15) is 18.6 Å². The zero-order valence-electron chi connectivity index (χ0n) is 11.7. The standard InChI is InChI=1S/C15H19N3O2/c1-3-17(2)13-9-15(20)18(16-10-13)11-14(19)12-7-5-4-6-8-12/h4-10,14,19H,3,11H2,1-2H3. The molecule has 0 aliphatic rings. The minimum absolute atomic E-state index is 0.152. The molecule has 5 nitrogen and oxygen atoms in total. The second-order valence-corrected chi connectivity index (χ2v) is 4.67. The Labute approximate surface area is 118 Å². The van der Waals surface area contributed by atoms with E-state index in [4.69, 9.17) is 0 Å². The average Bonchev–Trinajstić information content (AvgIpc) is 2.49. The summed E-state index contributed by atoms with van der Waals surface area (Å²) in [6.07, 6.45) is 0.902. The van der Waals surface area contributed by atoms with E-state index in [1.54, 1.807) is 6.20 Å². The maximum Gasteiger partial charge on any atom is 0.268 e. The molecule has 0 saturated carbocycles. The number of aromatic nitrogens is 2. The summed E-state index contributed by atoms with van der Waals surface area (Å²) in [5, 5.41) is 14.2. The first kappa shape index (κ1) is 14.3. The molecule has 2 aromatic rings. The quantitative estimate of drug-likeness (QED) is 0.895. The molecule has 5 heteroatoms. The monoisotopic (exact) mass is 273 g/mol. The fourth-order valence-corrected chi connectivity index (χ4v) is 1.90. The lowest BCUT2D eigenvalue weighted by atomic mass is 10.1. The van der Waals surface area contributed by atoms with E-state index in [1.165, 1.54) is 10.7 Å². The van der Waals surface area contributed by atoms with Gasteiger partial charge < -0.3 is 10.0 Å². The Hall–Kier alpha value is -2.14. The molecule has 0 spiro atoms. The van der Waals surface area contributed by atoms with Gasteiger partial charge in [0, 0.05) is 19.7 Å². The molecule has 0 aliphatic carbocycles. The number of benzene rings is 1. The van der Waals surface area contributed by atoms with Gasteiger partial charge in [0.25, 0.3) is 5.56 Å². The molecule has 20 heavy (non-hydrogen) atoms. The zero-order chi connectivity index (χ0) is 14.5. The predicted molar refractivity (Wildman–Crippen MR) is 78.8 cm³/mol. The van der Waals surface area contributed by atoms with E-state index in [-0.39, 0.29) is 12.1 Å². The van der Waals surface area contributed by atoms with Crippen molar-refractivity contribution in [3.63, 3.8) is 0 Å². The van der Waals surface area contributed by atoms with Gasteiger partial charge in [-0.15, -0.1) is 0 Å². The maximum atomic E-state index is 12.0. The highest BCUT2D eigenvalue weighted by molar-refractivity contribution is 5.41. The van der Waals surface area contributed by atoms with E-state index >= 15 is 0 Å². The van der Waals surface area contributed by atoms with Crippen LogP contribution in [0, 0.1) is 0 Å². The van der Waals surface area contributed by atoms with Gasteiger partial charge in [-0.25, -0.2) is 4.68 Å². The number of aliphatic hydroxyl groups is 1. The van der Waals surface area contributed by atoms with Gasteiger partial charge in [-0.1, -0.05) is 30.3 Å². The molecule has 1 aromatic heterocycles. The molecule has 1 N–H and O–H groups in total. The largest absolute Gasteiger partial charge is 0.386 e. The molecular weight excluding hydrogens is 254 g/mol. The normalized spacial score (nSPS) is 12.2. The Bertz CT molecular complexity index is 610. The third-order valence-corrected chi connectivity index (χ3v) is 3.30. The van der Waals surface area contributed by atoms with Crippen LogP contribution in [0.5, 0.6) is 0 Å². The molecule has 0 aliphatic heterocycles. The molecule has 1 heterocycles. The average molecular weight is 273 g/mol. The molecular formula is C15H19N3O2. The van der Waals surface area contributed by atoms with Gasteiger partial charge in [0.1, 0.15) is 0 Å². The molecule has 0 fully saturated rings. The van der Waals surface area contributed by atoms with Crippen LogP contribution in [0.15, 0.2) is 47.4 Å². The van der Waals surface area contributed by atoms with E-state index in [9.17, 15) is 9.90 Å². The van der Waals surface area contributed by atoms with Gasteiger partial charge in [0.2, 0.25) is 0 Å².